The van der Waals surface area contributed by atoms with E-state index in [1.165, 1.54) is 13.1 Å². The highest BCUT2D eigenvalue weighted by atomic mass is 19.1. The topological polar surface area (TPSA) is 24.7 Å². The SMILES string of the molecule is C=C.C=NC(=NC)c1c(F)cccc1F. The highest BCUT2D eigenvalue weighted by Gasteiger charge is 2.12. The summed E-state index contributed by atoms with van der Waals surface area (Å²) in [5.41, 5.74) is -0.236. The van der Waals surface area contributed by atoms with E-state index < -0.39 is 11.6 Å². The predicted octanol–water partition coefficient (Wildman–Crippen LogP) is 2.84. The van der Waals surface area contributed by atoms with E-state index >= 15 is 0 Å². The van der Waals surface area contributed by atoms with E-state index in [1.807, 2.05) is 0 Å². The van der Waals surface area contributed by atoms with Crippen LogP contribution >= 0.6 is 0 Å². The Kier molecular flexibility index (Phi) is 5.78. The molecular weight excluding hydrogens is 198 g/mol. The van der Waals surface area contributed by atoms with Crippen molar-refractivity contribution >= 4 is 12.6 Å². The first-order valence-corrected chi connectivity index (χ1v) is 4.08. The first-order chi connectivity index (χ1) is 7.20. The van der Waals surface area contributed by atoms with Crippen molar-refractivity contribution < 1.29 is 8.78 Å². The molecule has 0 unspecified atom stereocenters. The first kappa shape index (κ1) is 13.2. The summed E-state index contributed by atoms with van der Waals surface area (Å²) in [5, 5.41) is 0. The molecule has 1 aromatic rings. The molecule has 15 heavy (non-hydrogen) atoms. The van der Waals surface area contributed by atoms with Crippen LogP contribution in [0, 0.1) is 11.6 Å². The van der Waals surface area contributed by atoms with E-state index in [0.29, 0.717) is 0 Å². The van der Waals surface area contributed by atoms with E-state index in [4.69, 9.17) is 0 Å². The van der Waals surface area contributed by atoms with Crippen molar-refractivity contribution in [2.45, 2.75) is 0 Å². The van der Waals surface area contributed by atoms with Gasteiger partial charge in [-0.25, -0.2) is 13.8 Å². The van der Waals surface area contributed by atoms with Gasteiger partial charge in [-0.05, 0) is 18.9 Å². The van der Waals surface area contributed by atoms with Crippen LogP contribution < -0.4 is 0 Å². The standard InChI is InChI=1S/C9H8F2N2.C2H4/c1-12-9(13-2)8-6(10)4-3-5-7(8)11;1-2/h3-5H,1H2,2H3;1-2H2. The van der Waals surface area contributed by atoms with Gasteiger partial charge in [0.15, 0.2) is 5.84 Å². The number of rotatable bonds is 1. The average molecular weight is 210 g/mol. The Morgan fingerprint density at radius 2 is 1.67 bits per heavy atom. The van der Waals surface area contributed by atoms with Gasteiger partial charge in [-0.1, -0.05) is 6.07 Å². The van der Waals surface area contributed by atoms with Crippen molar-refractivity contribution in [1.82, 2.24) is 0 Å². The van der Waals surface area contributed by atoms with Gasteiger partial charge in [0.2, 0.25) is 0 Å². The zero-order chi connectivity index (χ0) is 11.8. The summed E-state index contributed by atoms with van der Waals surface area (Å²) in [5.74, 6) is -1.41. The molecule has 4 heteroatoms. The quantitative estimate of drug-likeness (QED) is 0.387. The number of amidine groups is 1. The van der Waals surface area contributed by atoms with Crippen molar-refractivity contribution in [2.24, 2.45) is 9.98 Å². The van der Waals surface area contributed by atoms with Crippen LogP contribution in [-0.4, -0.2) is 19.6 Å². The predicted molar refractivity (Wildman–Crippen MR) is 59.6 cm³/mol. The molecule has 0 aliphatic carbocycles. The summed E-state index contributed by atoms with van der Waals surface area (Å²) in [7, 11) is 1.40. The third kappa shape index (κ3) is 3.09. The Morgan fingerprint density at radius 1 is 1.20 bits per heavy atom. The Balaban J connectivity index is 0.000000921. The van der Waals surface area contributed by atoms with Gasteiger partial charge in [0.05, 0.1) is 5.56 Å². The van der Waals surface area contributed by atoms with Crippen LogP contribution in [0.15, 0.2) is 41.3 Å². The molecule has 0 fully saturated rings. The van der Waals surface area contributed by atoms with Crippen LogP contribution in [0.5, 0.6) is 0 Å². The van der Waals surface area contributed by atoms with Crippen molar-refractivity contribution in [3.05, 3.63) is 48.6 Å². The van der Waals surface area contributed by atoms with Gasteiger partial charge in [-0.2, -0.15) is 0 Å². The van der Waals surface area contributed by atoms with E-state index in [9.17, 15) is 8.78 Å². The molecular formula is C11H12F2N2. The molecule has 0 heterocycles. The lowest BCUT2D eigenvalue weighted by Crippen LogP contribution is -2.03. The van der Waals surface area contributed by atoms with Crippen LogP contribution in [0.4, 0.5) is 8.78 Å². The van der Waals surface area contributed by atoms with Crippen molar-refractivity contribution in [2.75, 3.05) is 7.05 Å². The molecule has 0 aliphatic heterocycles. The third-order valence-electron chi connectivity index (χ3n) is 1.55. The lowest BCUT2D eigenvalue weighted by atomic mass is 10.2. The molecule has 0 saturated heterocycles. The third-order valence-corrected chi connectivity index (χ3v) is 1.55. The van der Waals surface area contributed by atoms with Crippen LogP contribution in [0.1, 0.15) is 5.56 Å². The summed E-state index contributed by atoms with van der Waals surface area (Å²) >= 11 is 0. The minimum absolute atomic E-state index is 0.0319. The maximum Gasteiger partial charge on any atom is 0.159 e. The summed E-state index contributed by atoms with van der Waals surface area (Å²) in [4.78, 5) is 7.02. The number of nitrogens with zero attached hydrogens (tertiary/aromatic N) is 2. The van der Waals surface area contributed by atoms with Gasteiger partial charge >= 0.3 is 0 Å². The minimum Gasteiger partial charge on any atom is -0.269 e. The largest absolute Gasteiger partial charge is 0.269 e. The fraction of sp³-hybridized carbons (Fsp3) is 0.0909. The summed E-state index contributed by atoms with van der Waals surface area (Å²) in [6.45, 7) is 9.18. The highest BCUT2D eigenvalue weighted by molar-refractivity contribution is 6.01. The average Bonchev–Trinajstić information content (AvgIpc) is 2.26. The second-order valence-corrected chi connectivity index (χ2v) is 2.30. The van der Waals surface area contributed by atoms with Gasteiger partial charge in [0.25, 0.3) is 0 Å². The summed E-state index contributed by atoms with van der Waals surface area (Å²) in [6.07, 6.45) is 0. The molecule has 0 atom stereocenters. The van der Waals surface area contributed by atoms with Gasteiger partial charge in [0, 0.05) is 7.05 Å². The number of benzene rings is 1. The van der Waals surface area contributed by atoms with Crippen molar-refractivity contribution in [1.29, 1.82) is 0 Å². The normalized spacial score (nSPS) is 10.2. The van der Waals surface area contributed by atoms with Gasteiger partial charge in [-0.15, -0.1) is 13.2 Å². The fourth-order valence-electron chi connectivity index (χ4n) is 0.973. The van der Waals surface area contributed by atoms with Gasteiger partial charge < -0.3 is 0 Å². The van der Waals surface area contributed by atoms with Crippen molar-refractivity contribution in [3.63, 3.8) is 0 Å². The van der Waals surface area contributed by atoms with Crippen molar-refractivity contribution in [3.8, 4) is 0 Å². The maximum absolute atomic E-state index is 13.1. The van der Waals surface area contributed by atoms with E-state index in [0.717, 1.165) is 12.1 Å². The smallest absolute Gasteiger partial charge is 0.159 e. The molecule has 0 radical (unpaired) electrons. The minimum atomic E-state index is -0.687. The van der Waals surface area contributed by atoms with E-state index in [2.05, 4.69) is 29.9 Å². The van der Waals surface area contributed by atoms with Crippen LogP contribution in [0.2, 0.25) is 0 Å². The molecule has 1 rings (SSSR count). The highest BCUT2D eigenvalue weighted by Crippen LogP contribution is 2.13. The number of hydrogen-bond donors (Lipinski definition) is 0. The molecule has 0 saturated carbocycles. The molecule has 0 aliphatic rings. The molecule has 1 aromatic carbocycles. The molecule has 2 nitrogen and oxygen atoms in total. The molecule has 0 amide bonds. The van der Waals surface area contributed by atoms with Crippen LogP contribution in [-0.2, 0) is 0 Å². The Bertz CT molecular complexity index is 353. The zero-order valence-electron chi connectivity index (χ0n) is 8.50. The molecule has 0 N–H and O–H groups in total. The fourth-order valence-corrected chi connectivity index (χ4v) is 0.973. The molecule has 80 valence electrons. The lowest BCUT2D eigenvalue weighted by molar-refractivity contribution is 0.578. The molecule has 0 aromatic heterocycles. The number of hydrogen-bond acceptors (Lipinski definition) is 1. The van der Waals surface area contributed by atoms with E-state index in [1.54, 1.807) is 0 Å². The Hall–Kier alpha value is -1.84. The zero-order valence-corrected chi connectivity index (χ0v) is 8.50. The summed E-state index contributed by atoms with van der Waals surface area (Å²) in [6, 6.07) is 3.58. The monoisotopic (exact) mass is 210 g/mol. The number of halogens is 2. The maximum atomic E-state index is 13.1. The summed E-state index contributed by atoms with van der Waals surface area (Å²) < 4.78 is 26.1. The second kappa shape index (κ2) is 6.59. The number of aliphatic imine (C=N–C) groups is 2. The lowest BCUT2D eigenvalue weighted by Gasteiger charge is -2.02. The second-order valence-electron chi connectivity index (χ2n) is 2.30. The Labute approximate surface area is 87.7 Å². The van der Waals surface area contributed by atoms with Gasteiger partial charge in [0.1, 0.15) is 11.6 Å². The van der Waals surface area contributed by atoms with Crippen LogP contribution in [0.3, 0.4) is 0 Å². The molecule has 0 bridgehead atoms. The van der Waals surface area contributed by atoms with Gasteiger partial charge in [-0.3, -0.25) is 4.99 Å². The Morgan fingerprint density at radius 3 is 2.00 bits per heavy atom. The first-order valence-electron chi connectivity index (χ1n) is 4.08. The molecule has 0 spiro atoms. The van der Waals surface area contributed by atoms with Crippen LogP contribution in [0.25, 0.3) is 0 Å². The van der Waals surface area contributed by atoms with E-state index in [-0.39, 0.29) is 11.4 Å².